The van der Waals surface area contributed by atoms with Crippen LogP contribution < -0.4 is 4.90 Å². The van der Waals surface area contributed by atoms with Crippen LogP contribution in [0.4, 0.5) is 5.82 Å². The average Bonchev–Trinajstić information content (AvgIpc) is 3.18. The van der Waals surface area contributed by atoms with E-state index in [0.717, 1.165) is 42.7 Å². The number of piperazine rings is 1. The number of rotatable bonds is 3. The number of benzene rings is 1. The van der Waals surface area contributed by atoms with E-state index in [4.69, 9.17) is 9.97 Å². The van der Waals surface area contributed by atoms with Crippen molar-refractivity contribution in [2.75, 3.05) is 51.2 Å². The lowest BCUT2D eigenvalue weighted by Crippen LogP contribution is -2.54. The van der Waals surface area contributed by atoms with Gasteiger partial charge in [0.05, 0.1) is 5.39 Å². The second-order valence-corrected chi connectivity index (χ2v) is 9.23. The highest BCUT2D eigenvalue weighted by atomic mass is 32.1. The van der Waals surface area contributed by atoms with Gasteiger partial charge in [0.25, 0.3) is 0 Å². The lowest BCUT2D eigenvalue weighted by Gasteiger charge is -2.43. The van der Waals surface area contributed by atoms with Crippen LogP contribution in [0.5, 0.6) is 0 Å². The Kier molecular flexibility index (Phi) is 5.24. The van der Waals surface area contributed by atoms with Crippen LogP contribution in [0, 0.1) is 6.92 Å². The molecule has 0 bridgehead atoms. The largest absolute Gasteiger partial charge is 0.353 e. The van der Waals surface area contributed by atoms with E-state index in [0.29, 0.717) is 6.04 Å². The molecule has 0 saturated carbocycles. The lowest BCUT2D eigenvalue weighted by molar-refractivity contribution is 0.106. The van der Waals surface area contributed by atoms with Gasteiger partial charge in [-0.1, -0.05) is 30.3 Å². The summed E-state index contributed by atoms with van der Waals surface area (Å²) in [5.74, 6) is 1.98. The van der Waals surface area contributed by atoms with Gasteiger partial charge >= 0.3 is 0 Å². The highest BCUT2D eigenvalue weighted by Gasteiger charge is 2.28. The molecule has 2 aliphatic heterocycles. The minimum atomic E-state index is 0.712. The average molecular weight is 408 g/mol. The maximum absolute atomic E-state index is 4.93. The van der Waals surface area contributed by atoms with Crippen molar-refractivity contribution < 1.29 is 0 Å². The molecule has 0 aliphatic carbocycles. The van der Waals surface area contributed by atoms with Crippen molar-refractivity contribution in [1.29, 1.82) is 0 Å². The summed E-state index contributed by atoms with van der Waals surface area (Å²) in [6.07, 6.45) is 2.66. The van der Waals surface area contributed by atoms with Crippen LogP contribution in [-0.2, 0) is 0 Å². The molecule has 1 aromatic carbocycles. The standard InChI is InChI=1S/C23H29N5S/c1-17-24-22(21-20(16-29-23(21)25-17)18-7-4-3-5-8-18)28-13-11-27(12-14-28)19-9-6-10-26(2)15-19/h3-5,7-8,16,19H,6,9-15H2,1-2H3. The maximum atomic E-state index is 4.93. The Morgan fingerprint density at radius 1 is 1.00 bits per heavy atom. The number of aryl methyl sites for hydroxylation is 1. The summed E-state index contributed by atoms with van der Waals surface area (Å²) in [5.41, 5.74) is 2.51. The van der Waals surface area contributed by atoms with E-state index in [1.165, 1.54) is 42.4 Å². The van der Waals surface area contributed by atoms with Crippen LogP contribution in [0.1, 0.15) is 18.7 Å². The number of fused-ring (bicyclic) bond motifs is 1. The van der Waals surface area contributed by atoms with Crippen molar-refractivity contribution in [3.05, 3.63) is 41.5 Å². The van der Waals surface area contributed by atoms with Gasteiger partial charge in [-0.3, -0.25) is 4.90 Å². The highest BCUT2D eigenvalue weighted by Crippen LogP contribution is 2.38. The Balaban J connectivity index is 1.43. The fourth-order valence-corrected chi connectivity index (χ4v) is 5.81. The fourth-order valence-electron chi connectivity index (χ4n) is 4.82. The van der Waals surface area contributed by atoms with E-state index in [1.807, 2.05) is 6.92 Å². The third-order valence-electron chi connectivity index (χ3n) is 6.34. The van der Waals surface area contributed by atoms with Gasteiger partial charge in [0.2, 0.25) is 0 Å². The van der Waals surface area contributed by atoms with Crippen molar-refractivity contribution >= 4 is 27.4 Å². The Morgan fingerprint density at radius 3 is 2.55 bits per heavy atom. The van der Waals surface area contributed by atoms with Gasteiger partial charge in [0.15, 0.2) is 0 Å². The number of piperidine rings is 1. The number of likely N-dealkylation sites (tertiary alicyclic amines) is 1. The smallest absolute Gasteiger partial charge is 0.141 e. The molecule has 0 spiro atoms. The Bertz CT molecular complexity index is 978. The first-order valence-electron chi connectivity index (χ1n) is 10.7. The fraction of sp³-hybridized carbons (Fsp3) is 0.478. The number of aromatic nitrogens is 2. The summed E-state index contributed by atoms with van der Waals surface area (Å²) in [4.78, 5) is 18.4. The molecule has 1 unspecified atom stereocenters. The minimum absolute atomic E-state index is 0.712. The lowest BCUT2D eigenvalue weighted by atomic mass is 10.0. The van der Waals surface area contributed by atoms with E-state index in [-0.39, 0.29) is 0 Å². The van der Waals surface area contributed by atoms with E-state index in [9.17, 15) is 0 Å². The Labute approximate surface area is 177 Å². The van der Waals surface area contributed by atoms with Crippen molar-refractivity contribution in [3.63, 3.8) is 0 Å². The SMILES string of the molecule is Cc1nc(N2CCN(C3CCCN(C)C3)CC2)c2c(-c3ccccc3)csc2n1. The molecule has 152 valence electrons. The van der Waals surface area contributed by atoms with Crippen LogP contribution in [0.2, 0.25) is 0 Å². The molecule has 29 heavy (non-hydrogen) atoms. The number of nitrogens with zero attached hydrogens (tertiary/aromatic N) is 5. The van der Waals surface area contributed by atoms with Crippen LogP contribution in [0.3, 0.4) is 0 Å². The van der Waals surface area contributed by atoms with E-state index in [1.54, 1.807) is 11.3 Å². The first kappa shape index (κ1) is 19.0. The highest BCUT2D eigenvalue weighted by molar-refractivity contribution is 7.17. The molecule has 2 aliphatic rings. The molecule has 0 amide bonds. The molecular weight excluding hydrogens is 378 g/mol. The predicted octanol–water partition coefficient (Wildman–Crippen LogP) is 3.88. The molecule has 2 aromatic heterocycles. The summed E-state index contributed by atoms with van der Waals surface area (Å²) >= 11 is 1.73. The number of hydrogen-bond donors (Lipinski definition) is 0. The third-order valence-corrected chi connectivity index (χ3v) is 7.21. The molecule has 1 atom stereocenters. The van der Waals surface area contributed by atoms with E-state index < -0.39 is 0 Å². The number of anilines is 1. The van der Waals surface area contributed by atoms with Crippen LogP contribution >= 0.6 is 11.3 Å². The maximum Gasteiger partial charge on any atom is 0.141 e. The molecule has 4 heterocycles. The van der Waals surface area contributed by atoms with E-state index in [2.05, 4.69) is 57.5 Å². The van der Waals surface area contributed by atoms with Crippen molar-refractivity contribution in [1.82, 2.24) is 19.8 Å². The van der Waals surface area contributed by atoms with Crippen LogP contribution in [-0.4, -0.2) is 72.1 Å². The molecule has 0 radical (unpaired) electrons. The predicted molar refractivity (Wildman–Crippen MR) is 122 cm³/mol. The topological polar surface area (TPSA) is 35.5 Å². The number of likely N-dealkylation sites (N-methyl/N-ethyl adjacent to an activating group) is 1. The summed E-state index contributed by atoms with van der Waals surface area (Å²) in [6, 6.07) is 11.4. The second kappa shape index (κ2) is 8.01. The quantitative estimate of drug-likeness (QED) is 0.658. The zero-order chi connectivity index (χ0) is 19.8. The van der Waals surface area contributed by atoms with Crippen molar-refractivity contribution in [2.24, 2.45) is 0 Å². The second-order valence-electron chi connectivity index (χ2n) is 8.37. The molecule has 0 N–H and O–H groups in total. The summed E-state index contributed by atoms with van der Waals surface area (Å²) in [5, 5.41) is 3.46. The van der Waals surface area contributed by atoms with Crippen molar-refractivity contribution in [3.8, 4) is 11.1 Å². The molecule has 5 nitrogen and oxygen atoms in total. The Hall–Kier alpha value is -2.02. The summed E-state index contributed by atoms with van der Waals surface area (Å²) in [7, 11) is 2.25. The molecule has 5 rings (SSSR count). The minimum Gasteiger partial charge on any atom is -0.353 e. The molecular formula is C23H29N5S. The molecule has 6 heteroatoms. The summed E-state index contributed by atoms with van der Waals surface area (Å²) in [6.45, 7) is 8.78. The molecule has 2 fully saturated rings. The van der Waals surface area contributed by atoms with E-state index >= 15 is 0 Å². The first-order valence-corrected chi connectivity index (χ1v) is 11.6. The molecule has 3 aromatic rings. The molecule has 2 saturated heterocycles. The van der Waals surface area contributed by atoms with Gasteiger partial charge in [0, 0.05) is 49.7 Å². The van der Waals surface area contributed by atoms with Crippen LogP contribution in [0.25, 0.3) is 21.3 Å². The normalized spacial score (nSPS) is 21.7. The Morgan fingerprint density at radius 2 is 1.79 bits per heavy atom. The van der Waals surface area contributed by atoms with Crippen molar-refractivity contribution in [2.45, 2.75) is 25.8 Å². The van der Waals surface area contributed by atoms with Gasteiger partial charge in [0.1, 0.15) is 16.5 Å². The zero-order valence-corrected chi connectivity index (χ0v) is 18.2. The number of thiophene rings is 1. The van der Waals surface area contributed by atoms with Gasteiger partial charge in [-0.15, -0.1) is 11.3 Å². The number of hydrogen-bond acceptors (Lipinski definition) is 6. The van der Waals surface area contributed by atoms with Gasteiger partial charge in [-0.2, -0.15) is 0 Å². The zero-order valence-electron chi connectivity index (χ0n) is 17.3. The third kappa shape index (κ3) is 3.77. The summed E-state index contributed by atoms with van der Waals surface area (Å²) < 4.78 is 0. The first-order chi connectivity index (χ1) is 14.2. The van der Waals surface area contributed by atoms with Crippen LogP contribution in [0.15, 0.2) is 35.7 Å². The van der Waals surface area contributed by atoms with Gasteiger partial charge < -0.3 is 9.80 Å². The van der Waals surface area contributed by atoms with Gasteiger partial charge in [-0.05, 0) is 38.9 Å². The van der Waals surface area contributed by atoms with Gasteiger partial charge in [-0.25, -0.2) is 9.97 Å². The monoisotopic (exact) mass is 407 g/mol.